The second kappa shape index (κ2) is 10.5. The van der Waals surface area contributed by atoms with Gasteiger partial charge in [-0.1, -0.05) is 79.9 Å². The second-order valence-corrected chi connectivity index (χ2v) is 8.08. The molecule has 3 rings (SSSR count). The summed E-state index contributed by atoms with van der Waals surface area (Å²) in [6.07, 6.45) is -0.177. The zero-order valence-corrected chi connectivity index (χ0v) is 18.5. The minimum Gasteiger partial charge on any atom is -0.206 e. The molecule has 0 N–H and O–H groups in total. The molecule has 0 aromatic heterocycles. The van der Waals surface area contributed by atoms with Gasteiger partial charge >= 0.3 is 6.18 Å². The lowest BCUT2D eigenvalue weighted by Gasteiger charge is -2.11. The molecule has 0 aliphatic heterocycles. The Labute approximate surface area is 193 Å². The highest BCUT2D eigenvalue weighted by molar-refractivity contribution is 6.32. The van der Waals surface area contributed by atoms with Crippen molar-refractivity contribution in [3.63, 3.8) is 0 Å². The monoisotopic (exact) mass is 482 g/mol. The number of aryl methyl sites for hydroxylation is 1. The van der Waals surface area contributed by atoms with Gasteiger partial charge in [-0.05, 0) is 41.7 Å². The van der Waals surface area contributed by atoms with E-state index in [1.54, 1.807) is 12.1 Å². The molecule has 0 radical (unpaired) electrons. The van der Waals surface area contributed by atoms with Crippen LogP contribution in [0.1, 0.15) is 37.3 Å². The van der Waals surface area contributed by atoms with Crippen molar-refractivity contribution in [2.24, 2.45) is 0 Å². The van der Waals surface area contributed by atoms with Gasteiger partial charge in [0.25, 0.3) is 0 Å². The van der Waals surface area contributed by atoms with Crippen molar-refractivity contribution in [2.45, 2.75) is 38.8 Å². The number of hydrogen-bond donors (Lipinski definition) is 0. The van der Waals surface area contributed by atoms with Crippen LogP contribution >= 0.6 is 11.6 Å². The van der Waals surface area contributed by atoms with Gasteiger partial charge in [-0.15, -0.1) is 0 Å². The Morgan fingerprint density at radius 3 is 1.94 bits per heavy atom. The highest BCUT2D eigenvalue weighted by Gasteiger charge is 2.32. The molecule has 7 heteroatoms. The van der Waals surface area contributed by atoms with Crippen LogP contribution in [-0.4, -0.2) is 6.18 Å². The number of halogens is 7. The van der Waals surface area contributed by atoms with E-state index in [-0.39, 0.29) is 16.7 Å². The zero-order chi connectivity index (χ0) is 24.2. The van der Waals surface area contributed by atoms with Crippen molar-refractivity contribution in [3.05, 3.63) is 88.2 Å². The summed E-state index contributed by atoms with van der Waals surface area (Å²) in [5.41, 5.74) is 1.04. The van der Waals surface area contributed by atoms with Crippen LogP contribution < -0.4 is 0 Å². The summed E-state index contributed by atoms with van der Waals surface area (Å²) >= 11 is 5.14. The number of unbranched alkanes of at least 4 members (excludes halogenated alkanes) is 2. The zero-order valence-electron chi connectivity index (χ0n) is 17.7. The van der Waals surface area contributed by atoms with Gasteiger partial charge < -0.3 is 0 Å². The van der Waals surface area contributed by atoms with Crippen molar-refractivity contribution in [1.82, 2.24) is 0 Å². The third-order valence-electron chi connectivity index (χ3n) is 5.28. The molecule has 0 spiro atoms. The Morgan fingerprint density at radius 2 is 1.39 bits per heavy atom. The van der Waals surface area contributed by atoms with Crippen molar-refractivity contribution < 1.29 is 26.3 Å². The van der Waals surface area contributed by atoms with Crippen LogP contribution in [0.2, 0.25) is 0 Å². The summed E-state index contributed by atoms with van der Waals surface area (Å²) in [7, 11) is 0. The molecule has 0 saturated carbocycles. The maximum atomic E-state index is 14.8. The molecule has 3 aromatic rings. The van der Waals surface area contributed by atoms with Crippen LogP contribution in [0.4, 0.5) is 26.3 Å². The molecular weight excluding hydrogens is 462 g/mol. The highest BCUT2D eigenvalue weighted by Crippen LogP contribution is 2.34. The van der Waals surface area contributed by atoms with Crippen LogP contribution in [0.25, 0.3) is 28.3 Å². The Bertz CT molecular complexity index is 1150. The Kier molecular flexibility index (Phi) is 7.90. The normalized spacial score (nSPS) is 12.3. The van der Waals surface area contributed by atoms with Gasteiger partial charge in [0.1, 0.15) is 10.8 Å². The van der Waals surface area contributed by atoms with Gasteiger partial charge in [-0.25, -0.2) is 13.2 Å². The molecule has 0 unspecified atom stereocenters. The van der Waals surface area contributed by atoms with E-state index >= 15 is 0 Å². The summed E-state index contributed by atoms with van der Waals surface area (Å²) in [6.45, 7) is 2.12. The minimum absolute atomic E-state index is 0.0120. The van der Waals surface area contributed by atoms with E-state index < -0.39 is 34.2 Å². The van der Waals surface area contributed by atoms with Crippen molar-refractivity contribution in [3.8, 4) is 22.3 Å². The molecule has 0 amide bonds. The van der Waals surface area contributed by atoms with Gasteiger partial charge in [-0.3, -0.25) is 0 Å². The number of benzene rings is 3. The van der Waals surface area contributed by atoms with Crippen LogP contribution in [0.3, 0.4) is 0 Å². The first-order valence-corrected chi connectivity index (χ1v) is 10.8. The first kappa shape index (κ1) is 24.9. The lowest BCUT2D eigenvalue weighted by molar-refractivity contribution is -0.0836. The lowest BCUT2D eigenvalue weighted by Crippen LogP contribution is -2.06. The molecule has 0 aliphatic rings. The Balaban J connectivity index is 1.88. The van der Waals surface area contributed by atoms with E-state index in [2.05, 4.69) is 6.92 Å². The van der Waals surface area contributed by atoms with E-state index in [1.807, 2.05) is 12.1 Å². The molecule has 33 heavy (non-hydrogen) atoms. The van der Waals surface area contributed by atoms with Crippen molar-refractivity contribution >= 4 is 17.7 Å². The van der Waals surface area contributed by atoms with Gasteiger partial charge in [-0.2, -0.15) is 13.2 Å². The first-order valence-electron chi connectivity index (χ1n) is 10.4. The predicted molar refractivity (Wildman–Crippen MR) is 120 cm³/mol. The maximum absolute atomic E-state index is 14.8. The largest absolute Gasteiger partial charge is 0.426 e. The molecule has 0 fully saturated rings. The maximum Gasteiger partial charge on any atom is 0.426 e. The number of alkyl halides is 3. The highest BCUT2D eigenvalue weighted by atomic mass is 35.5. The second-order valence-electron chi connectivity index (χ2n) is 7.67. The number of allylic oxidation sites excluding steroid dienone is 1. The standard InChI is InChI=1S/C26H21ClF6/c1-2-3-4-5-16-6-8-17(9-7-16)20-12-13-21(25(30)24(20)29)18-10-11-19(22(28)14-18)15-23(27)26(31,32)33/h6-15H,2-5H2,1H3/b23-15-. The fourth-order valence-corrected chi connectivity index (χ4v) is 3.57. The summed E-state index contributed by atoms with van der Waals surface area (Å²) in [5, 5.41) is -1.49. The fourth-order valence-electron chi connectivity index (χ4n) is 3.46. The molecular formula is C26H21ClF6. The van der Waals surface area contributed by atoms with Crippen LogP contribution in [-0.2, 0) is 6.42 Å². The minimum atomic E-state index is -4.81. The fraction of sp³-hybridized carbons (Fsp3) is 0.231. The average Bonchev–Trinajstić information content (AvgIpc) is 2.77. The molecule has 0 atom stereocenters. The lowest BCUT2D eigenvalue weighted by atomic mass is 9.96. The van der Waals surface area contributed by atoms with Gasteiger partial charge in [0.2, 0.25) is 0 Å². The van der Waals surface area contributed by atoms with Crippen LogP contribution in [0, 0.1) is 17.5 Å². The molecule has 0 aliphatic carbocycles. The number of hydrogen-bond acceptors (Lipinski definition) is 0. The van der Waals surface area contributed by atoms with Crippen molar-refractivity contribution in [1.29, 1.82) is 0 Å². The first-order chi connectivity index (χ1) is 15.6. The van der Waals surface area contributed by atoms with Crippen LogP contribution in [0.15, 0.2) is 59.6 Å². The van der Waals surface area contributed by atoms with Crippen molar-refractivity contribution in [2.75, 3.05) is 0 Å². The molecule has 0 bridgehead atoms. The number of rotatable bonds is 7. The van der Waals surface area contributed by atoms with E-state index in [0.717, 1.165) is 43.4 Å². The Hall–Kier alpha value is -2.73. The van der Waals surface area contributed by atoms with E-state index in [0.29, 0.717) is 11.6 Å². The molecule has 3 aromatic carbocycles. The molecule has 0 saturated heterocycles. The topological polar surface area (TPSA) is 0 Å². The summed E-state index contributed by atoms with van der Waals surface area (Å²) in [4.78, 5) is 0. The third-order valence-corrected chi connectivity index (χ3v) is 5.60. The molecule has 0 nitrogen and oxygen atoms in total. The molecule has 0 heterocycles. The predicted octanol–water partition coefficient (Wildman–Crippen LogP) is 9.31. The van der Waals surface area contributed by atoms with E-state index in [4.69, 9.17) is 11.6 Å². The third kappa shape index (κ3) is 5.99. The van der Waals surface area contributed by atoms with Gasteiger partial charge in [0, 0.05) is 16.7 Å². The van der Waals surface area contributed by atoms with E-state index in [9.17, 15) is 26.3 Å². The SMILES string of the molecule is CCCCCc1ccc(-c2ccc(-c3ccc(/C=C(\Cl)C(F)(F)F)c(F)c3)c(F)c2F)cc1. The summed E-state index contributed by atoms with van der Waals surface area (Å²) in [5.74, 6) is -3.30. The quantitative estimate of drug-likeness (QED) is 0.232. The summed E-state index contributed by atoms with van der Waals surface area (Å²) in [6, 6.07) is 13.0. The summed E-state index contributed by atoms with van der Waals surface area (Å²) < 4.78 is 81.7. The van der Waals surface area contributed by atoms with Gasteiger partial charge in [0.15, 0.2) is 11.6 Å². The van der Waals surface area contributed by atoms with E-state index in [1.165, 1.54) is 18.2 Å². The average molecular weight is 483 g/mol. The van der Waals surface area contributed by atoms with Crippen LogP contribution in [0.5, 0.6) is 0 Å². The van der Waals surface area contributed by atoms with Gasteiger partial charge in [0.05, 0.1) is 0 Å². The molecule has 174 valence electrons. The smallest absolute Gasteiger partial charge is 0.206 e. The Morgan fingerprint density at radius 1 is 0.818 bits per heavy atom.